The molecule has 2 aromatic rings. The summed E-state index contributed by atoms with van der Waals surface area (Å²) in [7, 11) is -3.94. The van der Waals surface area contributed by atoms with Crippen molar-refractivity contribution in [3.8, 4) is 0 Å². The molecule has 0 aliphatic heterocycles. The Morgan fingerprint density at radius 3 is 2.71 bits per heavy atom. The van der Waals surface area contributed by atoms with E-state index in [9.17, 15) is 13.2 Å². The normalized spacial score (nSPS) is 24.2. The molecule has 0 radical (unpaired) electrons. The van der Waals surface area contributed by atoms with Crippen LogP contribution in [-0.4, -0.2) is 20.4 Å². The second-order valence-electron chi connectivity index (χ2n) is 6.64. The third-order valence-electron chi connectivity index (χ3n) is 5.02. The highest BCUT2D eigenvalue weighted by molar-refractivity contribution is 7.89. The first-order valence-corrected chi connectivity index (χ1v) is 9.43. The van der Waals surface area contributed by atoms with E-state index in [1.165, 1.54) is 17.2 Å². The van der Waals surface area contributed by atoms with Crippen molar-refractivity contribution in [3.63, 3.8) is 0 Å². The van der Waals surface area contributed by atoms with Crippen molar-refractivity contribution in [1.82, 2.24) is 5.32 Å². The highest BCUT2D eigenvalue weighted by Crippen LogP contribution is 2.56. The van der Waals surface area contributed by atoms with Crippen LogP contribution in [0.3, 0.4) is 0 Å². The number of rotatable bonds is 3. The highest BCUT2D eigenvalue weighted by atomic mass is 32.2. The molecule has 0 bridgehead atoms. The molecule has 1 amide bonds. The Labute approximate surface area is 140 Å². The Morgan fingerprint density at radius 1 is 1.21 bits per heavy atom. The Morgan fingerprint density at radius 2 is 1.96 bits per heavy atom. The molecule has 1 fully saturated rings. The van der Waals surface area contributed by atoms with E-state index < -0.39 is 10.0 Å². The number of fused-ring (bicyclic) bond motifs is 3. The van der Waals surface area contributed by atoms with Gasteiger partial charge in [0.1, 0.15) is 0 Å². The average molecular weight is 342 g/mol. The van der Waals surface area contributed by atoms with Crippen LogP contribution < -0.4 is 10.5 Å². The number of benzene rings is 2. The Balaban J connectivity index is 1.59. The van der Waals surface area contributed by atoms with E-state index in [4.69, 9.17) is 5.14 Å². The fourth-order valence-corrected chi connectivity index (χ4v) is 4.56. The standard InChI is InChI=1S/C18H18N2O3S/c1-10-6-7-15(24(19,22)23)13(8-10)18(21)20-17-14-9-11-4-2-3-5-12(11)16(14)17/h2-8,14,16-17H,9H2,1H3,(H,20,21)(H2,19,22,23)/t14-,16-,17+/m0/s1. The smallest absolute Gasteiger partial charge is 0.252 e. The fourth-order valence-electron chi connectivity index (χ4n) is 3.85. The number of amides is 1. The van der Waals surface area contributed by atoms with Gasteiger partial charge in [0.05, 0.1) is 10.5 Å². The largest absolute Gasteiger partial charge is 0.348 e. The van der Waals surface area contributed by atoms with Gasteiger partial charge in [-0.1, -0.05) is 35.9 Å². The van der Waals surface area contributed by atoms with Crippen LogP contribution >= 0.6 is 0 Å². The van der Waals surface area contributed by atoms with Crippen LogP contribution in [-0.2, 0) is 16.4 Å². The molecule has 4 rings (SSSR count). The van der Waals surface area contributed by atoms with Gasteiger partial charge in [0, 0.05) is 12.0 Å². The third kappa shape index (κ3) is 2.42. The molecule has 0 saturated heterocycles. The van der Waals surface area contributed by atoms with Crippen molar-refractivity contribution in [2.75, 3.05) is 0 Å². The minimum absolute atomic E-state index is 0.0706. The molecule has 3 atom stereocenters. The molecule has 124 valence electrons. The summed E-state index contributed by atoms with van der Waals surface area (Å²) in [6.45, 7) is 1.81. The summed E-state index contributed by atoms with van der Waals surface area (Å²) in [5.74, 6) is 0.376. The number of hydrogen-bond donors (Lipinski definition) is 2. The zero-order valence-corrected chi connectivity index (χ0v) is 14.0. The van der Waals surface area contributed by atoms with Crippen LogP contribution in [0.25, 0.3) is 0 Å². The molecule has 2 aliphatic carbocycles. The predicted molar refractivity (Wildman–Crippen MR) is 90.2 cm³/mol. The van der Waals surface area contributed by atoms with Gasteiger partial charge in [-0.2, -0.15) is 0 Å². The Bertz CT molecular complexity index is 952. The molecule has 0 spiro atoms. The van der Waals surface area contributed by atoms with E-state index in [1.54, 1.807) is 12.1 Å². The van der Waals surface area contributed by atoms with Crippen molar-refractivity contribution in [2.45, 2.75) is 30.2 Å². The summed E-state index contributed by atoms with van der Waals surface area (Å²) in [4.78, 5) is 12.5. The molecule has 2 aromatic carbocycles. The summed E-state index contributed by atoms with van der Waals surface area (Å²) in [5, 5.41) is 8.23. The highest BCUT2D eigenvalue weighted by Gasteiger charge is 2.56. The average Bonchev–Trinajstić information content (AvgIpc) is 3.03. The molecule has 1 saturated carbocycles. The first-order chi connectivity index (χ1) is 11.4. The summed E-state index contributed by atoms with van der Waals surface area (Å²) >= 11 is 0. The van der Waals surface area contributed by atoms with Crippen LogP contribution in [0, 0.1) is 12.8 Å². The van der Waals surface area contributed by atoms with Gasteiger partial charge in [0.2, 0.25) is 10.0 Å². The van der Waals surface area contributed by atoms with Crippen molar-refractivity contribution in [2.24, 2.45) is 11.1 Å². The van der Waals surface area contributed by atoms with Crippen LogP contribution in [0.1, 0.15) is 33.0 Å². The van der Waals surface area contributed by atoms with Gasteiger partial charge in [-0.25, -0.2) is 13.6 Å². The van der Waals surface area contributed by atoms with Gasteiger partial charge in [-0.3, -0.25) is 4.79 Å². The number of sulfonamides is 1. The summed E-state index contributed by atoms with van der Waals surface area (Å²) in [6.07, 6.45) is 0.960. The topological polar surface area (TPSA) is 89.3 Å². The Kier molecular flexibility index (Phi) is 3.30. The zero-order valence-electron chi connectivity index (χ0n) is 13.2. The molecule has 6 heteroatoms. The van der Waals surface area contributed by atoms with Gasteiger partial charge in [0.25, 0.3) is 5.91 Å². The molecule has 2 aliphatic rings. The van der Waals surface area contributed by atoms with Crippen molar-refractivity contribution < 1.29 is 13.2 Å². The third-order valence-corrected chi connectivity index (χ3v) is 5.99. The molecule has 0 unspecified atom stereocenters. The lowest BCUT2D eigenvalue weighted by atomic mass is 10.0. The minimum Gasteiger partial charge on any atom is -0.348 e. The number of carbonyl (C=O) groups is 1. The number of nitrogens with two attached hydrogens (primary N) is 1. The number of aryl methyl sites for hydroxylation is 1. The van der Waals surface area contributed by atoms with Crippen LogP contribution in [0.2, 0.25) is 0 Å². The molecule has 3 N–H and O–H groups in total. The first kappa shape index (κ1) is 15.4. The molecule has 0 aromatic heterocycles. The molecular weight excluding hydrogens is 324 g/mol. The van der Waals surface area contributed by atoms with Crippen LogP contribution in [0.5, 0.6) is 0 Å². The molecule has 0 heterocycles. The maximum absolute atomic E-state index is 12.6. The predicted octanol–water partition coefficient (Wildman–Crippen LogP) is 1.71. The molecule has 5 nitrogen and oxygen atoms in total. The minimum atomic E-state index is -3.94. The van der Waals surface area contributed by atoms with Gasteiger partial charge >= 0.3 is 0 Å². The van der Waals surface area contributed by atoms with E-state index in [0.29, 0.717) is 11.8 Å². The first-order valence-electron chi connectivity index (χ1n) is 7.88. The van der Waals surface area contributed by atoms with Gasteiger partial charge in [-0.05, 0) is 42.5 Å². The summed E-state index contributed by atoms with van der Waals surface area (Å²) in [5.41, 5.74) is 3.58. The zero-order chi connectivity index (χ0) is 17.1. The molecule has 24 heavy (non-hydrogen) atoms. The number of carbonyl (C=O) groups excluding carboxylic acids is 1. The second-order valence-corrected chi connectivity index (χ2v) is 8.17. The maximum Gasteiger partial charge on any atom is 0.252 e. The second kappa shape index (κ2) is 5.16. The van der Waals surface area contributed by atoms with Crippen LogP contribution in [0.4, 0.5) is 0 Å². The summed E-state index contributed by atoms with van der Waals surface area (Å²) in [6, 6.07) is 12.9. The number of hydrogen-bond acceptors (Lipinski definition) is 3. The van der Waals surface area contributed by atoms with E-state index in [1.807, 2.05) is 19.1 Å². The van der Waals surface area contributed by atoms with Crippen molar-refractivity contribution in [3.05, 3.63) is 64.7 Å². The summed E-state index contributed by atoms with van der Waals surface area (Å²) < 4.78 is 23.5. The van der Waals surface area contributed by atoms with E-state index in [0.717, 1.165) is 12.0 Å². The lowest BCUT2D eigenvalue weighted by Gasteiger charge is -2.12. The van der Waals surface area contributed by atoms with Gasteiger partial charge in [0.15, 0.2) is 0 Å². The maximum atomic E-state index is 12.6. The van der Waals surface area contributed by atoms with Gasteiger partial charge in [-0.15, -0.1) is 0 Å². The van der Waals surface area contributed by atoms with Crippen molar-refractivity contribution in [1.29, 1.82) is 0 Å². The number of nitrogens with one attached hydrogen (secondary N) is 1. The fraction of sp³-hybridized carbons (Fsp3) is 0.278. The van der Waals surface area contributed by atoms with Gasteiger partial charge < -0.3 is 5.32 Å². The quantitative estimate of drug-likeness (QED) is 0.890. The van der Waals surface area contributed by atoms with Crippen molar-refractivity contribution >= 4 is 15.9 Å². The monoisotopic (exact) mass is 342 g/mol. The lowest BCUT2D eigenvalue weighted by Crippen LogP contribution is -2.30. The van der Waals surface area contributed by atoms with E-state index in [-0.39, 0.29) is 22.4 Å². The van der Waals surface area contributed by atoms with E-state index >= 15 is 0 Å². The lowest BCUT2D eigenvalue weighted by molar-refractivity contribution is 0.0944. The van der Waals surface area contributed by atoms with Crippen LogP contribution in [0.15, 0.2) is 47.4 Å². The number of primary sulfonamides is 1. The SMILES string of the molecule is Cc1ccc(S(N)(=O)=O)c(C(=O)N[C@@H]2[C@H]3Cc4ccccc4[C@@H]32)c1. The van der Waals surface area contributed by atoms with E-state index in [2.05, 4.69) is 17.4 Å². The Hall–Kier alpha value is -2.18. The molecular formula is C18H18N2O3S.